The Hall–Kier alpha value is -0.820. The van der Waals surface area contributed by atoms with Gasteiger partial charge in [0.15, 0.2) is 0 Å². The molecule has 1 heteroatoms. The molecule has 0 amide bonds. The van der Waals surface area contributed by atoms with Gasteiger partial charge in [0.2, 0.25) is 0 Å². The van der Waals surface area contributed by atoms with Gasteiger partial charge < -0.3 is 5.32 Å². The van der Waals surface area contributed by atoms with Crippen LogP contribution in [0.2, 0.25) is 0 Å². The fourth-order valence-corrected chi connectivity index (χ4v) is 2.56. The molecule has 108 valence electrons. The number of aryl methyl sites for hydroxylation is 1. The highest BCUT2D eigenvalue weighted by atomic mass is 14.9. The van der Waals surface area contributed by atoms with Gasteiger partial charge in [0.1, 0.15) is 0 Å². The molecule has 0 aliphatic heterocycles. The molecule has 0 fully saturated rings. The van der Waals surface area contributed by atoms with Crippen molar-refractivity contribution in [2.24, 2.45) is 0 Å². The smallest absolute Gasteiger partial charge is 0.0320 e. The molecule has 0 bridgehead atoms. The monoisotopic (exact) mass is 261 g/mol. The minimum atomic E-state index is 0.539. The summed E-state index contributed by atoms with van der Waals surface area (Å²) in [4.78, 5) is 0. The van der Waals surface area contributed by atoms with Crippen molar-refractivity contribution in [3.8, 4) is 0 Å². The number of nitrogens with one attached hydrogen (secondary N) is 1. The Labute approximate surface area is 119 Å². The van der Waals surface area contributed by atoms with Crippen molar-refractivity contribution in [3.05, 3.63) is 35.4 Å². The molecule has 0 aliphatic carbocycles. The van der Waals surface area contributed by atoms with Crippen molar-refractivity contribution in [3.63, 3.8) is 0 Å². The third kappa shape index (κ3) is 6.77. The summed E-state index contributed by atoms with van der Waals surface area (Å²) in [5.74, 6) is 0. The maximum Gasteiger partial charge on any atom is 0.0320 e. The van der Waals surface area contributed by atoms with Gasteiger partial charge >= 0.3 is 0 Å². The van der Waals surface area contributed by atoms with Crippen LogP contribution in [0, 0.1) is 6.92 Å². The molecular weight excluding hydrogens is 230 g/mol. The average Bonchev–Trinajstić information content (AvgIpc) is 2.42. The van der Waals surface area contributed by atoms with Gasteiger partial charge in [0, 0.05) is 6.04 Å². The van der Waals surface area contributed by atoms with E-state index in [1.54, 1.807) is 0 Å². The second-order valence-corrected chi connectivity index (χ2v) is 5.58. The summed E-state index contributed by atoms with van der Waals surface area (Å²) >= 11 is 0. The van der Waals surface area contributed by atoms with Crippen LogP contribution in [0.5, 0.6) is 0 Å². The van der Waals surface area contributed by atoms with E-state index in [0.717, 1.165) is 6.54 Å². The molecule has 19 heavy (non-hydrogen) atoms. The summed E-state index contributed by atoms with van der Waals surface area (Å²) < 4.78 is 0. The maximum atomic E-state index is 3.62. The summed E-state index contributed by atoms with van der Waals surface area (Å²) in [6.07, 6.45) is 9.54. The maximum absolute atomic E-state index is 3.62. The Kier molecular flexibility index (Phi) is 8.57. The van der Waals surface area contributed by atoms with Gasteiger partial charge in [-0.25, -0.2) is 0 Å². The molecule has 0 radical (unpaired) electrons. The van der Waals surface area contributed by atoms with Crippen LogP contribution < -0.4 is 5.32 Å². The standard InChI is InChI=1S/C18H31N/c1-4-6-7-8-9-10-11-18(19-5-2)17-14-12-16(3)13-15-17/h12-15,18-19H,4-11H2,1-3H3. The Balaban J connectivity index is 2.34. The van der Waals surface area contributed by atoms with E-state index in [1.165, 1.54) is 56.1 Å². The van der Waals surface area contributed by atoms with Gasteiger partial charge in [0.05, 0.1) is 0 Å². The zero-order valence-corrected chi connectivity index (χ0v) is 13.0. The largest absolute Gasteiger partial charge is 0.310 e. The van der Waals surface area contributed by atoms with E-state index in [1.807, 2.05) is 0 Å². The Morgan fingerprint density at radius 3 is 2.16 bits per heavy atom. The van der Waals surface area contributed by atoms with E-state index in [4.69, 9.17) is 0 Å². The zero-order valence-electron chi connectivity index (χ0n) is 13.0. The predicted octanol–water partition coefficient (Wildman–Crippen LogP) is 5.40. The van der Waals surface area contributed by atoms with Crippen LogP contribution in [0.1, 0.15) is 76.0 Å². The summed E-state index contributed by atoms with van der Waals surface area (Å²) in [5, 5.41) is 3.62. The molecule has 0 heterocycles. The van der Waals surface area contributed by atoms with Gasteiger partial charge in [-0.2, -0.15) is 0 Å². The molecule has 0 aromatic heterocycles. The fraction of sp³-hybridized carbons (Fsp3) is 0.667. The first-order valence-corrected chi connectivity index (χ1v) is 8.07. The second-order valence-electron chi connectivity index (χ2n) is 5.58. The van der Waals surface area contributed by atoms with E-state index in [0.29, 0.717) is 6.04 Å². The molecule has 0 spiro atoms. The topological polar surface area (TPSA) is 12.0 Å². The summed E-state index contributed by atoms with van der Waals surface area (Å²) in [6, 6.07) is 9.54. The lowest BCUT2D eigenvalue weighted by molar-refractivity contribution is 0.477. The Bertz CT molecular complexity index is 315. The van der Waals surface area contributed by atoms with Crippen molar-refractivity contribution in [2.75, 3.05) is 6.54 Å². The van der Waals surface area contributed by atoms with Crippen LogP contribution in [-0.4, -0.2) is 6.54 Å². The number of benzene rings is 1. The number of rotatable bonds is 10. The van der Waals surface area contributed by atoms with Crippen LogP contribution in [0.15, 0.2) is 24.3 Å². The van der Waals surface area contributed by atoms with Crippen LogP contribution >= 0.6 is 0 Å². The van der Waals surface area contributed by atoms with Crippen LogP contribution in [0.3, 0.4) is 0 Å². The van der Waals surface area contributed by atoms with Gasteiger partial charge in [0.25, 0.3) is 0 Å². The minimum Gasteiger partial charge on any atom is -0.310 e. The highest BCUT2D eigenvalue weighted by Crippen LogP contribution is 2.21. The molecule has 1 rings (SSSR count). The van der Waals surface area contributed by atoms with Gasteiger partial charge in [-0.05, 0) is 25.5 Å². The molecule has 0 saturated carbocycles. The van der Waals surface area contributed by atoms with Crippen molar-refractivity contribution >= 4 is 0 Å². The molecule has 0 saturated heterocycles. The van der Waals surface area contributed by atoms with E-state index in [9.17, 15) is 0 Å². The summed E-state index contributed by atoms with van der Waals surface area (Å²) in [7, 11) is 0. The molecule has 1 aromatic rings. The van der Waals surface area contributed by atoms with Gasteiger partial charge in [-0.1, -0.05) is 82.2 Å². The van der Waals surface area contributed by atoms with Crippen molar-refractivity contribution < 1.29 is 0 Å². The lowest BCUT2D eigenvalue weighted by atomic mass is 9.98. The van der Waals surface area contributed by atoms with Crippen molar-refractivity contribution in [1.82, 2.24) is 5.32 Å². The molecular formula is C18H31N. The lowest BCUT2D eigenvalue weighted by Gasteiger charge is -2.18. The quantitative estimate of drug-likeness (QED) is 0.556. The molecule has 1 atom stereocenters. The van der Waals surface area contributed by atoms with E-state index >= 15 is 0 Å². The highest BCUT2D eigenvalue weighted by Gasteiger charge is 2.09. The number of hydrogen-bond acceptors (Lipinski definition) is 1. The molecule has 1 nitrogen and oxygen atoms in total. The van der Waals surface area contributed by atoms with Crippen molar-refractivity contribution in [1.29, 1.82) is 0 Å². The molecule has 0 aliphatic rings. The number of unbranched alkanes of at least 4 members (excludes halogenated alkanes) is 5. The van der Waals surface area contributed by atoms with Crippen LogP contribution in [0.25, 0.3) is 0 Å². The van der Waals surface area contributed by atoms with Crippen molar-refractivity contribution in [2.45, 2.75) is 71.8 Å². The lowest BCUT2D eigenvalue weighted by Crippen LogP contribution is -2.20. The Morgan fingerprint density at radius 2 is 1.53 bits per heavy atom. The van der Waals surface area contributed by atoms with Crippen LogP contribution in [0.4, 0.5) is 0 Å². The summed E-state index contributed by atoms with van der Waals surface area (Å²) in [5.41, 5.74) is 2.79. The average molecular weight is 261 g/mol. The third-order valence-corrected chi connectivity index (χ3v) is 3.78. The van der Waals surface area contributed by atoms with E-state index in [-0.39, 0.29) is 0 Å². The van der Waals surface area contributed by atoms with E-state index in [2.05, 4.69) is 50.4 Å². The SMILES string of the molecule is CCCCCCCCC(NCC)c1ccc(C)cc1. The van der Waals surface area contributed by atoms with Gasteiger partial charge in [-0.15, -0.1) is 0 Å². The first-order valence-electron chi connectivity index (χ1n) is 8.07. The minimum absolute atomic E-state index is 0.539. The third-order valence-electron chi connectivity index (χ3n) is 3.78. The number of hydrogen-bond donors (Lipinski definition) is 1. The zero-order chi connectivity index (χ0) is 13.9. The first kappa shape index (κ1) is 16.2. The molecule has 1 unspecified atom stereocenters. The highest BCUT2D eigenvalue weighted by molar-refractivity contribution is 5.24. The molecule has 1 aromatic carbocycles. The normalized spacial score (nSPS) is 12.6. The van der Waals surface area contributed by atoms with Crippen LogP contribution in [-0.2, 0) is 0 Å². The molecule has 1 N–H and O–H groups in total. The second kappa shape index (κ2) is 10.0. The fourth-order valence-electron chi connectivity index (χ4n) is 2.56. The van der Waals surface area contributed by atoms with E-state index < -0.39 is 0 Å². The summed E-state index contributed by atoms with van der Waals surface area (Å²) in [6.45, 7) is 7.68. The Morgan fingerprint density at radius 1 is 0.895 bits per heavy atom. The van der Waals surface area contributed by atoms with Gasteiger partial charge in [-0.3, -0.25) is 0 Å². The first-order chi connectivity index (χ1) is 9.27. The predicted molar refractivity (Wildman–Crippen MR) is 85.6 cm³/mol.